The van der Waals surface area contributed by atoms with Crippen LogP contribution in [0.25, 0.3) is 0 Å². The second-order valence-corrected chi connectivity index (χ2v) is 3.90. The molecule has 0 aromatic carbocycles. The normalized spacial score (nSPS) is 11.5. The molecule has 0 saturated carbocycles. The molecule has 16 heavy (non-hydrogen) atoms. The number of rotatable bonds is 6. The molecule has 0 aliphatic rings. The third kappa shape index (κ3) is 3.16. The minimum Gasteiger partial charge on any atom is -0.481 e. The number of nitrogens with one attached hydrogen (secondary N) is 1. The van der Waals surface area contributed by atoms with Gasteiger partial charge in [0.05, 0.1) is 25.9 Å². The van der Waals surface area contributed by atoms with E-state index in [0.717, 1.165) is 5.56 Å². The van der Waals surface area contributed by atoms with Crippen LogP contribution in [-0.4, -0.2) is 41.1 Å². The van der Waals surface area contributed by atoms with Gasteiger partial charge in [-0.05, 0) is 13.0 Å². The Morgan fingerprint density at radius 3 is 2.69 bits per heavy atom. The fraction of sp³-hybridized carbons (Fsp3) is 0.545. The van der Waals surface area contributed by atoms with Gasteiger partial charge in [0.1, 0.15) is 0 Å². The molecule has 1 heterocycles. The number of ether oxygens (including phenoxy) is 1. The zero-order chi connectivity index (χ0) is 12.0. The Morgan fingerprint density at radius 1 is 1.44 bits per heavy atom. The number of hydrogen-bond donors (Lipinski definition) is 3. The molecule has 0 saturated heterocycles. The lowest BCUT2D eigenvalue weighted by Crippen LogP contribution is -2.48. The maximum absolute atomic E-state index is 9.12. The first-order valence-corrected chi connectivity index (χ1v) is 5.10. The third-order valence-corrected chi connectivity index (χ3v) is 2.45. The zero-order valence-electron chi connectivity index (χ0n) is 9.60. The number of aromatic nitrogens is 1. The molecule has 0 spiro atoms. The van der Waals surface area contributed by atoms with Crippen LogP contribution in [0.5, 0.6) is 5.88 Å². The van der Waals surface area contributed by atoms with E-state index in [2.05, 4.69) is 10.3 Å². The van der Waals surface area contributed by atoms with Crippen LogP contribution < -0.4 is 10.1 Å². The minimum absolute atomic E-state index is 0.133. The van der Waals surface area contributed by atoms with E-state index >= 15 is 0 Å². The van der Waals surface area contributed by atoms with Crippen LogP contribution in [0, 0.1) is 0 Å². The van der Waals surface area contributed by atoms with Crippen LogP contribution >= 0.6 is 0 Å². The summed E-state index contributed by atoms with van der Waals surface area (Å²) in [5.74, 6) is 0.549. The van der Waals surface area contributed by atoms with Gasteiger partial charge in [-0.3, -0.25) is 0 Å². The predicted molar refractivity (Wildman–Crippen MR) is 60.2 cm³/mol. The first kappa shape index (κ1) is 12.9. The van der Waals surface area contributed by atoms with E-state index in [-0.39, 0.29) is 13.2 Å². The van der Waals surface area contributed by atoms with Crippen LogP contribution in [0.4, 0.5) is 0 Å². The standard InChI is InChI=1S/C11H18N2O3/c1-11(7-14,8-15)13-6-9-4-3-5-12-10(9)16-2/h3-5,13-15H,6-8H2,1-2H3. The van der Waals surface area contributed by atoms with Gasteiger partial charge in [0, 0.05) is 18.3 Å². The maximum Gasteiger partial charge on any atom is 0.217 e. The van der Waals surface area contributed by atoms with Crippen LogP contribution in [-0.2, 0) is 6.54 Å². The molecule has 1 aromatic rings. The topological polar surface area (TPSA) is 74.6 Å². The molecule has 0 atom stereocenters. The van der Waals surface area contributed by atoms with E-state index in [0.29, 0.717) is 12.4 Å². The molecule has 0 aliphatic carbocycles. The van der Waals surface area contributed by atoms with Crippen molar-refractivity contribution in [2.75, 3.05) is 20.3 Å². The lowest BCUT2D eigenvalue weighted by Gasteiger charge is -2.26. The Balaban J connectivity index is 2.67. The second-order valence-electron chi connectivity index (χ2n) is 3.90. The van der Waals surface area contributed by atoms with Gasteiger partial charge in [0.2, 0.25) is 5.88 Å². The minimum atomic E-state index is -0.694. The molecule has 1 rings (SSSR count). The fourth-order valence-corrected chi connectivity index (χ4v) is 1.21. The molecule has 0 bridgehead atoms. The average Bonchev–Trinajstić information content (AvgIpc) is 2.36. The van der Waals surface area contributed by atoms with Crippen molar-refractivity contribution in [3.05, 3.63) is 23.9 Å². The van der Waals surface area contributed by atoms with E-state index in [1.54, 1.807) is 20.2 Å². The number of methoxy groups -OCH3 is 1. The van der Waals surface area contributed by atoms with Crippen molar-refractivity contribution in [2.24, 2.45) is 0 Å². The highest BCUT2D eigenvalue weighted by atomic mass is 16.5. The summed E-state index contributed by atoms with van der Waals surface area (Å²) in [7, 11) is 1.56. The Labute approximate surface area is 95.1 Å². The summed E-state index contributed by atoms with van der Waals surface area (Å²) in [6.45, 7) is 1.96. The predicted octanol–water partition coefficient (Wildman–Crippen LogP) is -0.0769. The van der Waals surface area contributed by atoms with Crippen molar-refractivity contribution in [2.45, 2.75) is 19.0 Å². The summed E-state index contributed by atoms with van der Waals surface area (Å²) in [4.78, 5) is 4.06. The molecule has 5 heteroatoms. The van der Waals surface area contributed by atoms with Crippen LogP contribution in [0.1, 0.15) is 12.5 Å². The molecule has 0 unspecified atom stereocenters. The maximum atomic E-state index is 9.12. The first-order chi connectivity index (χ1) is 7.65. The SMILES string of the molecule is COc1ncccc1CNC(C)(CO)CO. The van der Waals surface area contributed by atoms with Gasteiger partial charge in [0.25, 0.3) is 0 Å². The average molecular weight is 226 g/mol. The zero-order valence-corrected chi connectivity index (χ0v) is 9.60. The van der Waals surface area contributed by atoms with Crippen molar-refractivity contribution in [3.8, 4) is 5.88 Å². The van der Waals surface area contributed by atoms with E-state index in [1.807, 2.05) is 12.1 Å². The van der Waals surface area contributed by atoms with Crippen LogP contribution in [0.2, 0.25) is 0 Å². The van der Waals surface area contributed by atoms with E-state index in [9.17, 15) is 0 Å². The first-order valence-electron chi connectivity index (χ1n) is 5.10. The highest BCUT2D eigenvalue weighted by Crippen LogP contribution is 2.14. The monoisotopic (exact) mass is 226 g/mol. The lowest BCUT2D eigenvalue weighted by atomic mass is 10.1. The molecule has 90 valence electrons. The van der Waals surface area contributed by atoms with Gasteiger partial charge in [0.15, 0.2) is 0 Å². The Hall–Kier alpha value is -1.17. The quantitative estimate of drug-likeness (QED) is 0.633. The Bertz CT molecular complexity index is 327. The molecule has 0 amide bonds. The molecule has 0 fully saturated rings. The van der Waals surface area contributed by atoms with Crippen LogP contribution in [0.15, 0.2) is 18.3 Å². The molecule has 0 radical (unpaired) electrons. The van der Waals surface area contributed by atoms with Crippen molar-refractivity contribution in [3.63, 3.8) is 0 Å². The summed E-state index contributed by atoms with van der Waals surface area (Å²) < 4.78 is 5.10. The highest BCUT2D eigenvalue weighted by molar-refractivity contribution is 5.25. The van der Waals surface area contributed by atoms with E-state index in [1.165, 1.54) is 0 Å². The van der Waals surface area contributed by atoms with Gasteiger partial charge >= 0.3 is 0 Å². The highest BCUT2D eigenvalue weighted by Gasteiger charge is 2.21. The molecular weight excluding hydrogens is 208 g/mol. The van der Waals surface area contributed by atoms with Crippen LogP contribution in [0.3, 0.4) is 0 Å². The van der Waals surface area contributed by atoms with Gasteiger partial charge in [-0.25, -0.2) is 4.98 Å². The summed E-state index contributed by atoms with van der Waals surface area (Å²) in [6.07, 6.45) is 1.65. The fourth-order valence-electron chi connectivity index (χ4n) is 1.21. The van der Waals surface area contributed by atoms with Gasteiger partial charge < -0.3 is 20.3 Å². The van der Waals surface area contributed by atoms with Gasteiger partial charge in [-0.1, -0.05) is 6.07 Å². The number of pyridine rings is 1. The summed E-state index contributed by atoms with van der Waals surface area (Å²) >= 11 is 0. The molecule has 5 nitrogen and oxygen atoms in total. The Morgan fingerprint density at radius 2 is 2.12 bits per heavy atom. The van der Waals surface area contributed by atoms with E-state index < -0.39 is 5.54 Å². The van der Waals surface area contributed by atoms with Crippen molar-refractivity contribution in [1.29, 1.82) is 0 Å². The molecule has 1 aromatic heterocycles. The summed E-state index contributed by atoms with van der Waals surface area (Å²) in [6, 6.07) is 3.70. The number of nitrogens with zero attached hydrogens (tertiary/aromatic N) is 1. The summed E-state index contributed by atoms with van der Waals surface area (Å²) in [5.41, 5.74) is 0.194. The molecule has 3 N–H and O–H groups in total. The van der Waals surface area contributed by atoms with Crippen molar-refractivity contribution >= 4 is 0 Å². The summed E-state index contributed by atoms with van der Waals surface area (Å²) in [5, 5.41) is 21.3. The molecular formula is C11H18N2O3. The lowest BCUT2D eigenvalue weighted by molar-refractivity contribution is 0.103. The molecule has 0 aliphatic heterocycles. The van der Waals surface area contributed by atoms with E-state index in [4.69, 9.17) is 14.9 Å². The second kappa shape index (κ2) is 5.79. The smallest absolute Gasteiger partial charge is 0.217 e. The van der Waals surface area contributed by atoms with Gasteiger partial charge in [-0.2, -0.15) is 0 Å². The van der Waals surface area contributed by atoms with Gasteiger partial charge in [-0.15, -0.1) is 0 Å². The third-order valence-electron chi connectivity index (χ3n) is 2.45. The number of aliphatic hydroxyl groups is 2. The number of aliphatic hydroxyl groups excluding tert-OH is 2. The van der Waals surface area contributed by atoms with Crippen molar-refractivity contribution in [1.82, 2.24) is 10.3 Å². The van der Waals surface area contributed by atoms with Crippen molar-refractivity contribution < 1.29 is 14.9 Å². The Kier molecular flexibility index (Phi) is 4.67. The number of hydrogen-bond acceptors (Lipinski definition) is 5. The largest absolute Gasteiger partial charge is 0.481 e.